The van der Waals surface area contributed by atoms with E-state index in [0.717, 1.165) is 5.56 Å². The lowest BCUT2D eigenvalue weighted by Gasteiger charge is -2.39. The van der Waals surface area contributed by atoms with Crippen molar-refractivity contribution in [2.45, 2.75) is 50.5 Å². The summed E-state index contributed by atoms with van der Waals surface area (Å²) in [5, 5.41) is 3.42. The summed E-state index contributed by atoms with van der Waals surface area (Å²) in [7, 11) is 0. The Balaban J connectivity index is 1.81. The van der Waals surface area contributed by atoms with Gasteiger partial charge in [0.15, 0.2) is 6.10 Å². The van der Waals surface area contributed by atoms with Crippen molar-refractivity contribution >= 4 is 46.4 Å². The molecular formula is C24H33Cl2N3O5S. The van der Waals surface area contributed by atoms with Crippen LogP contribution in [0, 0.1) is 5.92 Å². The number of morpholine rings is 1. The highest BCUT2D eigenvalue weighted by Crippen LogP contribution is 2.41. The van der Waals surface area contributed by atoms with Crippen molar-refractivity contribution in [2.24, 2.45) is 5.92 Å². The molecule has 3 unspecified atom stereocenters. The van der Waals surface area contributed by atoms with Gasteiger partial charge in [0.25, 0.3) is 5.91 Å². The number of carbonyl (C=O) groups is 2. The molecule has 0 saturated carbocycles. The van der Waals surface area contributed by atoms with Crippen LogP contribution in [0.3, 0.4) is 0 Å². The van der Waals surface area contributed by atoms with E-state index in [1.807, 2.05) is 20.8 Å². The Hall–Kier alpha value is -1.49. The zero-order valence-electron chi connectivity index (χ0n) is 20.3. The van der Waals surface area contributed by atoms with Gasteiger partial charge in [-0.25, -0.2) is 0 Å². The van der Waals surface area contributed by atoms with Gasteiger partial charge < -0.3 is 24.2 Å². The normalized spacial score (nSPS) is 21.3. The van der Waals surface area contributed by atoms with E-state index in [9.17, 15) is 14.1 Å². The van der Waals surface area contributed by atoms with Crippen LogP contribution >= 0.6 is 23.2 Å². The quantitative estimate of drug-likeness (QED) is 0.383. The highest BCUT2D eigenvalue weighted by molar-refractivity contribution is 7.90. The Morgan fingerprint density at radius 1 is 1.37 bits per heavy atom. The fraction of sp³-hybridized carbons (Fsp3) is 0.583. The molecule has 0 radical (unpaired) electrons. The average molecular weight is 547 g/mol. The van der Waals surface area contributed by atoms with Crippen molar-refractivity contribution in [2.75, 3.05) is 32.8 Å². The van der Waals surface area contributed by atoms with Crippen molar-refractivity contribution < 1.29 is 23.6 Å². The second-order valence-electron chi connectivity index (χ2n) is 9.65. The van der Waals surface area contributed by atoms with Gasteiger partial charge in [0.1, 0.15) is 23.7 Å². The van der Waals surface area contributed by atoms with Crippen LogP contribution < -0.4 is 14.8 Å². The van der Waals surface area contributed by atoms with E-state index in [1.54, 1.807) is 23.1 Å². The summed E-state index contributed by atoms with van der Waals surface area (Å²) >= 11 is 11.3. The summed E-state index contributed by atoms with van der Waals surface area (Å²) in [6, 6.07) is 3.09. The molecule has 0 bridgehead atoms. The Labute approximate surface area is 220 Å². The van der Waals surface area contributed by atoms with Crippen molar-refractivity contribution in [3.8, 4) is 5.75 Å². The van der Waals surface area contributed by atoms with Crippen molar-refractivity contribution in [1.29, 1.82) is 0 Å². The summed E-state index contributed by atoms with van der Waals surface area (Å²) in [6.07, 6.45) is 2.32. The molecule has 35 heavy (non-hydrogen) atoms. The number of likely N-dealkylation sites (tertiary alicyclic amines) is 1. The molecule has 2 aliphatic rings. The predicted octanol–water partition coefficient (Wildman–Crippen LogP) is 3.40. The molecule has 2 N–H and O–H groups in total. The number of halogens is 2. The van der Waals surface area contributed by atoms with Gasteiger partial charge in [-0.3, -0.25) is 9.59 Å². The highest BCUT2D eigenvalue weighted by Gasteiger charge is 2.38. The summed E-state index contributed by atoms with van der Waals surface area (Å²) in [4.78, 5) is 26.0. The Morgan fingerprint density at radius 3 is 2.60 bits per heavy atom. The molecule has 0 aromatic heterocycles. The van der Waals surface area contributed by atoms with Gasteiger partial charge in [0.05, 0.1) is 22.6 Å². The number of benzene rings is 1. The lowest BCUT2D eigenvalue weighted by atomic mass is 9.85. The molecule has 2 saturated heterocycles. The lowest BCUT2D eigenvalue weighted by Crippen LogP contribution is -2.53. The van der Waals surface area contributed by atoms with Crippen molar-refractivity contribution in [3.63, 3.8) is 0 Å². The number of piperidine rings is 1. The van der Waals surface area contributed by atoms with Crippen LogP contribution in [0.1, 0.15) is 45.2 Å². The number of ether oxygens (including phenoxy) is 2. The van der Waals surface area contributed by atoms with E-state index < -0.39 is 22.2 Å². The summed E-state index contributed by atoms with van der Waals surface area (Å²) in [6.45, 7) is 10.8. The number of nitrogens with one attached hydrogen (secondary N) is 2. The Kier molecular flexibility index (Phi) is 9.76. The Bertz CT molecular complexity index is 924. The maximum atomic E-state index is 13.1. The van der Waals surface area contributed by atoms with Crippen LogP contribution in [-0.4, -0.2) is 65.0 Å². The molecule has 0 aliphatic carbocycles. The Morgan fingerprint density at radius 2 is 2.03 bits per heavy atom. The van der Waals surface area contributed by atoms with Crippen LogP contribution in [0.25, 0.3) is 0 Å². The summed E-state index contributed by atoms with van der Waals surface area (Å²) < 4.78 is 27.3. The smallest absolute Gasteiger partial charge is 0.253 e. The third-order valence-corrected chi connectivity index (χ3v) is 8.34. The summed E-state index contributed by atoms with van der Waals surface area (Å²) in [5.41, 5.74) is 0.766. The second-order valence-corrected chi connectivity index (χ2v) is 12.5. The fourth-order valence-corrected chi connectivity index (χ4v) is 5.30. The molecule has 2 aliphatic heterocycles. The van der Waals surface area contributed by atoms with Gasteiger partial charge in [0.2, 0.25) is 5.91 Å². The number of carbonyl (C=O) groups excluding carboxylic acids is 2. The lowest BCUT2D eigenvalue weighted by molar-refractivity contribution is -0.151. The molecule has 2 amide bonds. The third kappa shape index (κ3) is 7.27. The van der Waals surface area contributed by atoms with E-state index in [-0.39, 0.29) is 43.5 Å². The minimum Gasteiger partial charge on any atom is -0.598 e. The van der Waals surface area contributed by atoms with Crippen LogP contribution in [0.15, 0.2) is 24.8 Å². The standard InChI is InChI=1S/C24H33Cl2N3O5S/c1-5-10-33-19-12-18(26)17(25)11-16(19)22(28-35(32)24(2,3)4)15-6-8-29(9-7-15)23(31)20-13-27-21(30)14-34-20/h5,11-12,15,20,22,28H,1,6-10,13-14H2,2-4H3,(H,27,30). The molecule has 1 aromatic rings. The molecular weight excluding hydrogens is 513 g/mol. The van der Waals surface area contributed by atoms with E-state index in [0.29, 0.717) is 41.7 Å². The maximum Gasteiger partial charge on any atom is 0.253 e. The molecule has 8 nitrogen and oxygen atoms in total. The number of hydrogen-bond acceptors (Lipinski definition) is 6. The van der Waals surface area contributed by atoms with E-state index in [2.05, 4.69) is 16.6 Å². The van der Waals surface area contributed by atoms with Crippen molar-refractivity contribution in [1.82, 2.24) is 14.9 Å². The van der Waals surface area contributed by atoms with Gasteiger partial charge in [0, 0.05) is 36.1 Å². The van der Waals surface area contributed by atoms with Crippen LogP contribution in [0.5, 0.6) is 5.75 Å². The second kappa shape index (κ2) is 12.2. The average Bonchev–Trinajstić information content (AvgIpc) is 2.82. The van der Waals surface area contributed by atoms with Crippen LogP contribution in [0.2, 0.25) is 10.0 Å². The van der Waals surface area contributed by atoms with Gasteiger partial charge in [-0.05, 0) is 45.6 Å². The highest BCUT2D eigenvalue weighted by atomic mass is 35.5. The third-order valence-electron chi connectivity index (χ3n) is 6.03. The largest absolute Gasteiger partial charge is 0.598 e. The number of rotatable bonds is 8. The molecule has 194 valence electrons. The van der Waals surface area contributed by atoms with Crippen LogP contribution in [0.4, 0.5) is 0 Å². The van der Waals surface area contributed by atoms with Gasteiger partial charge in [-0.1, -0.05) is 35.9 Å². The molecule has 2 fully saturated rings. The first kappa shape index (κ1) is 28.1. The minimum atomic E-state index is -1.36. The van der Waals surface area contributed by atoms with Crippen molar-refractivity contribution in [3.05, 3.63) is 40.4 Å². The topological polar surface area (TPSA) is 103 Å². The molecule has 3 rings (SSSR count). The number of hydrogen-bond donors (Lipinski definition) is 2. The van der Waals surface area contributed by atoms with Gasteiger partial charge in [-0.15, -0.1) is 4.72 Å². The first-order valence-electron chi connectivity index (χ1n) is 11.6. The van der Waals surface area contributed by atoms with Gasteiger partial charge >= 0.3 is 0 Å². The van der Waals surface area contributed by atoms with E-state index >= 15 is 0 Å². The number of nitrogens with zero attached hydrogens (tertiary/aromatic N) is 1. The summed E-state index contributed by atoms with van der Waals surface area (Å²) in [5.74, 6) is 0.258. The SMILES string of the molecule is C=CCOc1cc(Cl)c(Cl)cc1C(N[S+]([O-])C(C)(C)C)C1CCN(C(=O)C2CNC(=O)CO2)CC1. The predicted molar refractivity (Wildman–Crippen MR) is 138 cm³/mol. The first-order valence-corrected chi connectivity index (χ1v) is 13.5. The monoisotopic (exact) mass is 545 g/mol. The number of amides is 2. The zero-order valence-corrected chi connectivity index (χ0v) is 22.6. The van der Waals surface area contributed by atoms with Gasteiger partial charge in [-0.2, -0.15) is 0 Å². The fourth-order valence-electron chi connectivity index (χ4n) is 4.07. The maximum absolute atomic E-state index is 13.1. The molecule has 11 heteroatoms. The zero-order chi connectivity index (χ0) is 25.8. The molecule has 0 spiro atoms. The van der Waals surface area contributed by atoms with E-state index in [1.165, 1.54) is 0 Å². The molecule has 2 heterocycles. The minimum absolute atomic E-state index is 0.0562. The van der Waals surface area contributed by atoms with E-state index in [4.69, 9.17) is 32.7 Å². The molecule has 3 atom stereocenters. The first-order chi connectivity index (χ1) is 16.5. The molecule has 1 aromatic carbocycles. The van der Waals surface area contributed by atoms with Crippen LogP contribution in [-0.2, 0) is 25.7 Å².